The number of carbonyl (C=O) groups is 2. The summed E-state index contributed by atoms with van der Waals surface area (Å²) in [6.45, 7) is 8.77. The number of carboxylic acid groups (broad SMARTS) is 1. The molecule has 5 nitrogen and oxygen atoms in total. The van der Waals surface area contributed by atoms with Crippen LogP contribution in [0.5, 0.6) is 0 Å². The fraction of sp³-hybridized carbons (Fsp3) is 0.538. The Bertz CT molecular complexity index is 271. The number of hydrogen-bond acceptors (Lipinski definition) is 4. The Balaban J connectivity index is 0. The monoisotopic (exact) mass is 258 g/mol. The van der Waals surface area contributed by atoms with Crippen LogP contribution < -0.4 is 0 Å². The number of carboxylic acids is 1. The first kappa shape index (κ1) is 18.7. The average molecular weight is 258 g/mol. The number of carbonyl (C=O) groups excluding carboxylic acids is 1. The first-order chi connectivity index (χ1) is 8.45. The summed E-state index contributed by atoms with van der Waals surface area (Å²) in [6, 6.07) is 0. The van der Waals surface area contributed by atoms with Crippen LogP contribution in [0.2, 0.25) is 0 Å². The first-order valence-corrected chi connectivity index (χ1v) is 5.74. The second-order valence-corrected chi connectivity index (χ2v) is 3.60. The lowest BCUT2D eigenvalue weighted by Gasteiger charge is -2.03. The average Bonchev–Trinajstić information content (AvgIpc) is 2.33. The van der Waals surface area contributed by atoms with E-state index in [9.17, 15) is 9.59 Å². The summed E-state index contributed by atoms with van der Waals surface area (Å²) in [6.07, 6.45) is 4.50. The SMILES string of the molecule is C=C(C)C(=O)OCCCCCCO.C=CC(=O)O. The molecule has 0 aliphatic carbocycles. The van der Waals surface area contributed by atoms with Gasteiger partial charge in [-0.15, -0.1) is 0 Å². The molecule has 0 saturated carbocycles. The summed E-state index contributed by atoms with van der Waals surface area (Å²) in [5.74, 6) is -1.30. The van der Waals surface area contributed by atoms with Gasteiger partial charge >= 0.3 is 11.9 Å². The van der Waals surface area contributed by atoms with Crippen LogP contribution in [0, 0.1) is 0 Å². The Morgan fingerprint density at radius 3 is 2.11 bits per heavy atom. The highest BCUT2D eigenvalue weighted by molar-refractivity contribution is 5.86. The van der Waals surface area contributed by atoms with Gasteiger partial charge in [-0.1, -0.05) is 19.6 Å². The van der Waals surface area contributed by atoms with E-state index in [1.54, 1.807) is 6.92 Å². The van der Waals surface area contributed by atoms with Crippen LogP contribution in [-0.4, -0.2) is 35.4 Å². The Morgan fingerprint density at radius 2 is 1.72 bits per heavy atom. The lowest BCUT2D eigenvalue weighted by Crippen LogP contribution is -2.06. The second-order valence-electron chi connectivity index (χ2n) is 3.60. The van der Waals surface area contributed by atoms with E-state index in [1.807, 2.05) is 0 Å². The van der Waals surface area contributed by atoms with Crippen molar-refractivity contribution in [3.63, 3.8) is 0 Å². The molecule has 0 radical (unpaired) electrons. The number of rotatable bonds is 8. The van der Waals surface area contributed by atoms with Crippen LogP contribution >= 0.6 is 0 Å². The predicted octanol–water partition coefficient (Wildman–Crippen LogP) is 1.92. The van der Waals surface area contributed by atoms with E-state index in [0.29, 0.717) is 12.2 Å². The Labute approximate surface area is 108 Å². The molecular weight excluding hydrogens is 236 g/mol. The van der Waals surface area contributed by atoms with Crippen molar-refractivity contribution in [1.82, 2.24) is 0 Å². The van der Waals surface area contributed by atoms with Crippen molar-refractivity contribution >= 4 is 11.9 Å². The molecule has 0 aliphatic heterocycles. The maximum Gasteiger partial charge on any atom is 0.333 e. The molecule has 0 aromatic heterocycles. The molecular formula is C13H22O5. The molecule has 0 rings (SSSR count). The third kappa shape index (κ3) is 16.8. The van der Waals surface area contributed by atoms with Crippen LogP contribution in [0.4, 0.5) is 0 Å². The predicted molar refractivity (Wildman–Crippen MR) is 69.2 cm³/mol. The van der Waals surface area contributed by atoms with Gasteiger partial charge in [-0.3, -0.25) is 0 Å². The molecule has 0 aliphatic rings. The molecule has 0 saturated heterocycles. The van der Waals surface area contributed by atoms with Crippen LogP contribution in [0.15, 0.2) is 24.8 Å². The van der Waals surface area contributed by atoms with Gasteiger partial charge in [-0.25, -0.2) is 9.59 Å². The van der Waals surface area contributed by atoms with E-state index in [0.717, 1.165) is 31.8 Å². The second kappa shape index (κ2) is 13.4. The minimum absolute atomic E-state index is 0.242. The van der Waals surface area contributed by atoms with Gasteiger partial charge in [0.1, 0.15) is 0 Å². The highest BCUT2D eigenvalue weighted by Gasteiger charge is 2.01. The fourth-order valence-electron chi connectivity index (χ4n) is 0.855. The van der Waals surface area contributed by atoms with Gasteiger partial charge in [0.05, 0.1) is 6.61 Å². The molecule has 0 unspecified atom stereocenters. The zero-order valence-corrected chi connectivity index (χ0v) is 10.9. The molecule has 0 amide bonds. The van der Waals surface area contributed by atoms with Crippen molar-refractivity contribution < 1.29 is 24.5 Å². The Hall–Kier alpha value is -1.62. The summed E-state index contributed by atoms with van der Waals surface area (Å²) >= 11 is 0. The van der Waals surface area contributed by atoms with E-state index in [4.69, 9.17) is 14.9 Å². The topological polar surface area (TPSA) is 83.8 Å². The van der Waals surface area contributed by atoms with Crippen LogP contribution in [0.3, 0.4) is 0 Å². The van der Waals surface area contributed by atoms with Crippen molar-refractivity contribution in [2.24, 2.45) is 0 Å². The lowest BCUT2D eigenvalue weighted by molar-refractivity contribution is -0.139. The Morgan fingerprint density at radius 1 is 1.22 bits per heavy atom. The van der Waals surface area contributed by atoms with Gasteiger partial charge in [0.25, 0.3) is 0 Å². The van der Waals surface area contributed by atoms with Crippen LogP contribution in [-0.2, 0) is 14.3 Å². The smallest absolute Gasteiger partial charge is 0.333 e. The van der Waals surface area contributed by atoms with Crippen molar-refractivity contribution in [2.45, 2.75) is 32.6 Å². The van der Waals surface area contributed by atoms with Crippen LogP contribution in [0.25, 0.3) is 0 Å². The Kier molecular flexibility index (Phi) is 14.0. The van der Waals surface area contributed by atoms with Gasteiger partial charge in [0.15, 0.2) is 0 Å². The molecule has 0 atom stereocenters. The zero-order valence-electron chi connectivity index (χ0n) is 10.9. The molecule has 0 bridgehead atoms. The van der Waals surface area contributed by atoms with Crippen molar-refractivity contribution in [3.05, 3.63) is 24.8 Å². The fourth-order valence-corrected chi connectivity index (χ4v) is 0.855. The van der Waals surface area contributed by atoms with E-state index >= 15 is 0 Å². The third-order valence-corrected chi connectivity index (χ3v) is 1.81. The molecule has 5 heteroatoms. The van der Waals surface area contributed by atoms with Crippen molar-refractivity contribution in [3.8, 4) is 0 Å². The van der Waals surface area contributed by atoms with E-state index in [2.05, 4.69) is 13.2 Å². The molecule has 0 fully saturated rings. The molecule has 0 aromatic rings. The highest BCUT2D eigenvalue weighted by atomic mass is 16.5. The molecule has 0 aromatic carbocycles. The minimum Gasteiger partial charge on any atom is -0.478 e. The van der Waals surface area contributed by atoms with Crippen molar-refractivity contribution in [2.75, 3.05) is 13.2 Å². The number of hydrogen-bond donors (Lipinski definition) is 2. The zero-order chi connectivity index (χ0) is 14.4. The number of esters is 1. The molecule has 0 spiro atoms. The van der Waals surface area contributed by atoms with Gasteiger partial charge in [-0.05, 0) is 26.2 Å². The quantitative estimate of drug-likeness (QED) is 0.395. The summed E-state index contributed by atoms with van der Waals surface area (Å²) in [5.41, 5.74) is 0.440. The first-order valence-electron chi connectivity index (χ1n) is 5.74. The number of aliphatic hydroxyl groups is 1. The molecule has 2 N–H and O–H groups in total. The van der Waals surface area contributed by atoms with Crippen LogP contribution in [0.1, 0.15) is 32.6 Å². The summed E-state index contributed by atoms with van der Waals surface area (Å²) in [4.78, 5) is 20.1. The highest BCUT2D eigenvalue weighted by Crippen LogP contribution is 2.00. The number of unbranched alkanes of at least 4 members (excludes halogenated alkanes) is 3. The van der Waals surface area contributed by atoms with Gasteiger partial charge in [0.2, 0.25) is 0 Å². The third-order valence-electron chi connectivity index (χ3n) is 1.81. The molecule has 18 heavy (non-hydrogen) atoms. The van der Waals surface area contributed by atoms with Gasteiger partial charge in [0, 0.05) is 18.3 Å². The van der Waals surface area contributed by atoms with E-state index in [-0.39, 0.29) is 12.6 Å². The normalized spacial score (nSPS) is 8.78. The lowest BCUT2D eigenvalue weighted by atomic mass is 10.2. The maximum absolute atomic E-state index is 10.9. The summed E-state index contributed by atoms with van der Waals surface area (Å²) in [7, 11) is 0. The summed E-state index contributed by atoms with van der Waals surface area (Å²) < 4.78 is 4.88. The summed E-state index contributed by atoms with van der Waals surface area (Å²) in [5, 5.41) is 16.1. The van der Waals surface area contributed by atoms with E-state index in [1.165, 1.54) is 0 Å². The standard InChI is InChI=1S/C10H18O3.C3H4O2/c1-9(2)10(12)13-8-6-4-3-5-7-11;1-2-3(4)5/h11H,1,3-8H2,2H3;2H,1H2,(H,4,5). The van der Waals surface area contributed by atoms with E-state index < -0.39 is 5.97 Å². The van der Waals surface area contributed by atoms with Crippen molar-refractivity contribution in [1.29, 1.82) is 0 Å². The molecule has 104 valence electrons. The number of ether oxygens (including phenoxy) is 1. The molecule has 0 heterocycles. The van der Waals surface area contributed by atoms with Gasteiger partial charge < -0.3 is 14.9 Å². The largest absolute Gasteiger partial charge is 0.478 e. The minimum atomic E-state index is -0.981. The van der Waals surface area contributed by atoms with Gasteiger partial charge in [-0.2, -0.15) is 0 Å². The number of aliphatic hydroxyl groups excluding tert-OH is 1. The number of aliphatic carboxylic acids is 1. The maximum atomic E-state index is 10.9.